The molecule has 0 saturated carbocycles. The van der Waals surface area contributed by atoms with Crippen LogP contribution in [0, 0.1) is 0 Å². The van der Waals surface area contributed by atoms with E-state index in [4.69, 9.17) is 11.6 Å². The summed E-state index contributed by atoms with van der Waals surface area (Å²) in [5.41, 5.74) is 0. The maximum absolute atomic E-state index is 11.1. The highest BCUT2D eigenvalue weighted by Gasteiger charge is 2.23. The third kappa shape index (κ3) is 4.68. The van der Waals surface area contributed by atoms with Gasteiger partial charge in [-0.2, -0.15) is 0 Å². The second-order valence-corrected chi connectivity index (χ2v) is 2.84. The lowest BCUT2D eigenvalue weighted by Crippen LogP contribution is -2.26. The van der Waals surface area contributed by atoms with Crippen LogP contribution in [-0.4, -0.2) is 23.7 Å². The Morgan fingerprint density at radius 3 is 2.69 bits per heavy atom. The molecule has 1 unspecified atom stereocenters. The Labute approximate surface area is 82.7 Å². The number of allylic oxidation sites excluding steroid dienone is 1. The summed E-state index contributed by atoms with van der Waals surface area (Å²) >= 11 is 5.54. The quantitative estimate of drug-likeness (QED) is 0.286. The molecule has 0 bridgehead atoms. The van der Waals surface area contributed by atoms with E-state index in [1.54, 1.807) is 13.0 Å². The molecule has 0 aliphatic rings. The van der Waals surface area contributed by atoms with Crippen molar-refractivity contribution in [2.24, 2.45) is 0 Å². The Bertz CT molecular complexity index is 201. The van der Waals surface area contributed by atoms with Gasteiger partial charge in [-0.3, -0.25) is 4.79 Å². The van der Waals surface area contributed by atoms with Gasteiger partial charge in [0.05, 0.1) is 6.61 Å². The van der Waals surface area contributed by atoms with Gasteiger partial charge < -0.3 is 4.74 Å². The molecule has 0 amide bonds. The highest BCUT2D eigenvalue weighted by Crippen LogP contribution is 2.05. The number of ether oxygens (including phenoxy) is 1. The first kappa shape index (κ1) is 12.2. The number of Topliss-reactive ketones (excluding diaryl/α,β-unsaturated/α-hetero) is 1. The Hall–Kier alpha value is -0.830. The number of carbonyl (C=O) groups is 2. The number of carbonyl (C=O) groups excluding carboxylic acids is 2. The topological polar surface area (TPSA) is 43.4 Å². The van der Waals surface area contributed by atoms with Crippen molar-refractivity contribution >= 4 is 23.4 Å². The summed E-state index contributed by atoms with van der Waals surface area (Å²) in [6, 6.07) is 0. The summed E-state index contributed by atoms with van der Waals surface area (Å²) in [6.07, 6.45) is 2.37. The Kier molecular flexibility index (Phi) is 6.24. The van der Waals surface area contributed by atoms with Gasteiger partial charge >= 0.3 is 5.97 Å². The molecule has 0 saturated heterocycles. The third-order valence-corrected chi connectivity index (χ3v) is 1.79. The van der Waals surface area contributed by atoms with Crippen LogP contribution in [0.3, 0.4) is 0 Å². The predicted molar refractivity (Wildman–Crippen MR) is 50.7 cm³/mol. The van der Waals surface area contributed by atoms with Crippen molar-refractivity contribution in [3.8, 4) is 0 Å². The van der Waals surface area contributed by atoms with Gasteiger partial charge in [0.2, 0.25) is 0 Å². The van der Waals surface area contributed by atoms with Gasteiger partial charge in [0.1, 0.15) is 0 Å². The molecule has 0 aliphatic carbocycles. The molecule has 0 fully saturated rings. The van der Waals surface area contributed by atoms with Gasteiger partial charge in [-0.15, -0.1) is 18.2 Å². The molecule has 0 N–H and O–H groups in total. The average molecular weight is 205 g/mol. The zero-order chi connectivity index (χ0) is 10.3. The van der Waals surface area contributed by atoms with E-state index >= 15 is 0 Å². The van der Waals surface area contributed by atoms with Gasteiger partial charge in [-0.25, -0.2) is 4.79 Å². The van der Waals surface area contributed by atoms with E-state index in [9.17, 15) is 9.59 Å². The zero-order valence-corrected chi connectivity index (χ0v) is 8.34. The Morgan fingerprint density at radius 1 is 1.62 bits per heavy atom. The maximum Gasteiger partial charge on any atom is 0.331 e. The van der Waals surface area contributed by atoms with Crippen LogP contribution in [0.25, 0.3) is 0 Å². The molecule has 13 heavy (non-hydrogen) atoms. The van der Waals surface area contributed by atoms with Crippen LogP contribution in [0.4, 0.5) is 0 Å². The predicted octanol–water partition coefficient (Wildman–Crippen LogP) is 1.69. The monoisotopic (exact) mass is 204 g/mol. The van der Waals surface area contributed by atoms with E-state index in [0.29, 0.717) is 6.42 Å². The van der Waals surface area contributed by atoms with Gasteiger partial charge in [0.25, 0.3) is 0 Å². The van der Waals surface area contributed by atoms with Crippen LogP contribution < -0.4 is 0 Å². The second kappa shape index (κ2) is 6.66. The van der Waals surface area contributed by atoms with Crippen LogP contribution in [0.15, 0.2) is 12.7 Å². The molecule has 0 aromatic rings. The van der Waals surface area contributed by atoms with Gasteiger partial charge in [0.15, 0.2) is 11.2 Å². The SMILES string of the molecule is C=CCCC(=O)C(Cl)C(=O)OCC. The van der Waals surface area contributed by atoms with Crippen molar-refractivity contribution in [3.05, 3.63) is 12.7 Å². The lowest BCUT2D eigenvalue weighted by Gasteiger charge is -2.06. The minimum Gasteiger partial charge on any atom is -0.465 e. The third-order valence-electron chi connectivity index (χ3n) is 1.37. The molecule has 0 aliphatic heterocycles. The molecule has 0 rings (SSSR count). The van der Waals surface area contributed by atoms with Crippen molar-refractivity contribution < 1.29 is 14.3 Å². The molecule has 0 aromatic heterocycles. The van der Waals surface area contributed by atoms with Gasteiger partial charge in [-0.1, -0.05) is 6.08 Å². The maximum atomic E-state index is 11.1. The number of rotatable bonds is 6. The molecule has 74 valence electrons. The van der Waals surface area contributed by atoms with Crippen LogP contribution in [0.2, 0.25) is 0 Å². The van der Waals surface area contributed by atoms with Crippen LogP contribution in [0.5, 0.6) is 0 Å². The van der Waals surface area contributed by atoms with Crippen molar-refractivity contribution in [3.63, 3.8) is 0 Å². The summed E-state index contributed by atoms with van der Waals surface area (Å²) in [6.45, 7) is 5.36. The standard InChI is InChI=1S/C9H13ClO3/c1-3-5-6-7(11)8(10)9(12)13-4-2/h3,8H,1,4-6H2,2H3. The molecule has 4 heteroatoms. The van der Waals surface area contributed by atoms with E-state index in [1.165, 1.54) is 0 Å². The number of ketones is 1. The zero-order valence-electron chi connectivity index (χ0n) is 7.59. The highest BCUT2D eigenvalue weighted by atomic mass is 35.5. The molecule has 0 radical (unpaired) electrons. The van der Waals surface area contributed by atoms with Crippen LogP contribution >= 0.6 is 11.6 Å². The molecular weight excluding hydrogens is 192 g/mol. The summed E-state index contributed by atoms with van der Waals surface area (Å²) in [5, 5.41) is -1.17. The minimum absolute atomic E-state index is 0.233. The van der Waals surface area contributed by atoms with Crippen molar-refractivity contribution in [2.45, 2.75) is 25.1 Å². The molecule has 1 atom stereocenters. The smallest absolute Gasteiger partial charge is 0.331 e. The number of esters is 1. The number of hydrogen-bond donors (Lipinski definition) is 0. The van der Waals surface area contributed by atoms with Crippen molar-refractivity contribution in [1.29, 1.82) is 0 Å². The second-order valence-electron chi connectivity index (χ2n) is 2.41. The summed E-state index contributed by atoms with van der Waals surface area (Å²) in [4.78, 5) is 22.1. The largest absolute Gasteiger partial charge is 0.465 e. The number of hydrogen-bond acceptors (Lipinski definition) is 3. The highest BCUT2D eigenvalue weighted by molar-refractivity contribution is 6.41. The van der Waals surface area contributed by atoms with Gasteiger partial charge in [0, 0.05) is 6.42 Å². The number of alkyl halides is 1. The fraction of sp³-hybridized carbons (Fsp3) is 0.556. The minimum atomic E-state index is -1.17. The van der Waals surface area contributed by atoms with Crippen molar-refractivity contribution in [1.82, 2.24) is 0 Å². The van der Waals surface area contributed by atoms with Gasteiger partial charge in [-0.05, 0) is 13.3 Å². The molecule has 0 heterocycles. The molecule has 3 nitrogen and oxygen atoms in total. The van der Waals surface area contributed by atoms with Crippen LogP contribution in [-0.2, 0) is 14.3 Å². The lowest BCUT2D eigenvalue weighted by atomic mass is 10.1. The van der Waals surface area contributed by atoms with Crippen molar-refractivity contribution in [2.75, 3.05) is 6.61 Å². The Balaban J connectivity index is 3.93. The Morgan fingerprint density at radius 2 is 2.23 bits per heavy atom. The first-order valence-electron chi connectivity index (χ1n) is 4.07. The molecule has 0 spiro atoms. The summed E-state index contributed by atoms with van der Waals surface area (Å²) in [5.74, 6) is -0.988. The average Bonchev–Trinajstić information content (AvgIpc) is 2.13. The van der Waals surface area contributed by atoms with E-state index in [0.717, 1.165) is 0 Å². The first-order valence-corrected chi connectivity index (χ1v) is 4.51. The van der Waals surface area contributed by atoms with Crippen LogP contribution in [0.1, 0.15) is 19.8 Å². The fourth-order valence-corrected chi connectivity index (χ4v) is 0.890. The van der Waals surface area contributed by atoms with E-state index in [-0.39, 0.29) is 18.8 Å². The molecule has 0 aromatic carbocycles. The van der Waals surface area contributed by atoms with E-state index in [1.807, 2.05) is 0 Å². The van der Waals surface area contributed by atoms with E-state index in [2.05, 4.69) is 11.3 Å². The normalized spacial score (nSPS) is 11.8. The fourth-order valence-electron chi connectivity index (χ4n) is 0.718. The number of halogens is 1. The first-order chi connectivity index (χ1) is 6.13. The summed E-state index contributed by atoms with van der Waals surface area (Å²) in [7, 11) is 0. The lowest BCUT2D eigenvalue weighted by molar-refractivity contribution is -0.145. The molecular formula is C9H13ClO3. The summed E-state index contributed by atoms with van der Waals surface area (Å²) < 4.78 is 4.59. The van der Waals surface area contributed by atoms with E-state index < -0.39 is 11.3 Å².